The largest absolute Gasteiger partial charge is 0.494 e. The molecule has 0 radical (unpaired) electrons. The summed E-state index contributed by atoms with van der Waals surface area (Å²) in [5, 5.41) is 13.8. The van der Waals surface area contributed by atoms with Gasteiger partial charge in [-0.3, -0.25) is 14.6 Å². The van der Waals surface area contributed by atoms with E-state index < -0.39 is 6.48 Å². The van der Waals surface area contributed by atoms with E-state index in [2.05, 4.69) is 66.3 Å². The summed E-state index contributed by atoms with van der Waals surface area (Å²) in [6.45, 7) is 11.3. The summed E-state index contributed by atoms with van der Waals surface area (Å²) in [6, 6.07) is 14.9. The van der Waals surface area contributed by atoms with E-state index in [0.29, 0.717) is 19.6 Å². The molecule has 0 spiro atoms. The molecule has 9 heteroatoms. The van der Waals surface area contributed by atoms with Crippen molar-refractivity contribution in [3.8, 4) is 5.75 Å². The molecule has 1 saturated heterocycles. The van der Waals surface area contributed by atoms with Crippen LogP contribution in [0.5, 0.6) is 5.75 Å². The molecule has 0 bridgehead atoms. The van der Waals surface area contributed by atoms with Gasteiger partial charge < -0.3 is 24.2 Å². The summed E-state index contributed by atoms with van der Waals surface area (Å²) >= 11 is 1.81. The summed E-state index contributed by atoms with van der Waals surface area (Å²) in [4.78, 5) is 19.8. The maximum absolute atomic E-state index is 13.1. The number of rotatable bonds is 17. The summed E-state index contributed by atoms with van der Waals surface area (Å²) < 4.78 is 18.5. The minimum atomic E-state index is -1.36. The number of carbonyl (C=O) groups excluding carboxylic acids is 1. The summed E-state index contributed by atoms with van der Waals surface area (Å²) in [7, 11) is 0. The van der Waals surface area contributed by atoms with Crippen molar-refractivity contribution in [1.29, 1.82) is 0 Å². The molecule has 3 heterocycles. The molecule has 2 aliphatic rings. The predicted octanol–water partition coefficient (Wildman–Crippen LogP) is 7.13. The first-order valence-electron chi connectivity index (χ1n) is 16.8. The van der Waals surface area contributed by atoms with E-state index in [9.17, 15) is 9.90 Å². The second-order valence-corrected chi connectivity index (χ2v) is 13.9. The Morgan fingerprint density at radius 3 is 2.53 bits per heavy atom. The quantitative estimate of drug-likeness (QED) is 0.125. The predicted molar refractivity (Wildman–Crippen MR) is 183 cm³/mol. The van der Waals surface area contributed by atoms with Crippen LogP contribution in [-0.2, 0) is 19.7 Å². The lowest BCUT2D eigenvalue weighted by Gasteiger charge is -2.38. The van der Waals surface area contributed by atoms with Gasteiger partial charge in [-0.05, 0) is 61.0 Å². The lowest BCUT2D eigenvalue weighted by atomic mass is 9.77. The fourth-order valence-electron chi connectivity index (χ4n) is 6.41. The van der Waals surface area contributed by atoms with Crippen molar-refractivity contribution in [3.05, 3.63) is 53.4 Å². The zero-order valence-electron chi connectivity index (χ0n) is 27.3. The molecule has 3 aromatic rings. The smallest absolute Gasteiger partial charge is 0.270 e. The van der Waals surface area contributed by atoms with Crippen LogP contribution in [-0.4, -0.2) is 75.1 Å². The maximum Gasteiger partial charge on any atom is 0.270 e. The van der Waals surface area contributed by atoms with Crippen LogP contribution in [0.25, 0.3) is 10.1 Å². The highest BCUT2D eigenvalue weighted by Crippen LogP contribution is 2.42. The Balaban J connectivity index is 1.05. The minimum Gasteiger partial charge on any atom is -0.494 e. The van der Waals surface area contributed by atoms with Crippen LogP contribution in [0.15, 0.2) is 47.8 Å². The van der Waals surface area contributed by atoms with Crippen molar-refractivity contribution < 1.29 is 24.1 Å². The van der Waals surface area contributed by atoms with Gasteiger partial charge >= 0.3 is 0 Å². The number of aliphatic hydroxyl groups is 1. The van der Waals surface area contributed by atoms with Gasteiger partial charge in [0, 0.05) is 59.9 Å². The average molecular weight is 638 g/mol. The molecule has 1 aromatic heterocycles. The van der Waals surface area contributed by atoms with E-state index in [1.807, 2.05) is 23.5 Å². The van der Waals surface area contributed by atoms with Gasteiger partial charge in [-0.25, -0.2) is 0 Å². The fraction of sp³-hybridized carbons (Fsp3) is 0.583. The lowest BCUT2D eigenvalue weighted by molar-refractivity contribution is -0.262. The summed E-state index contributed by atoms with van der Waals surface area (Å²) in [5.74, 6) is 0.702. The first-order chi connectivity index (χ1) is 21.9. The molecule has 1 atom stereocenters. The van der Waals surface area contributed by atoms with Crippen molar-refractivity contribution in [2.24, 2.45) is 0 Å². The van der Waals surface area contributed by atoms with E-state index in [1.165, 1.54) is 35.0 Å². The number of unbranched alkanes of at least 4 members (excludes halogenated alkanes) is 5. The van der Waals surface area contributed by atoms with E-state index in [-0.39, 0.29) is 18.1 Å². The normalized spacial score (nSPS) is 17.6. The second-order valence-electron chi connectivity index (χ2n) is 12.9. The Hall–Kier alpha value is -2.69. The van der Waals surface area contributed by atoms with Crippen LogP contribution in [0.3, 0.4) is 0 Å². The maximum atomic E-state index is 13.1. The highest BCUT2D eigenvalue weighted by Gasteiger charge is 2.37. The van der Waals surface area contributed by atoms with E-state index in [4.69, 9.17) is 14.2 Å². The van der Waals surface area contributed by atoms with Gasteiger partial charge in [0.1, 0.15) is 12.5 Å². The van der Waals surface area contributed by atoms with Crippen molar-refractivity contribution in [2.75, 3.05) is 62.5 Å². The molecule has 1 N–H and O–H groups in total. The summed E-state index contributed by atoms with van der Waals surface area (Å²) in [6.07, 6.45) is 7.93. The van der Waals surface area contributed by atoms with Crippen LogP contribution < -0.4 is 14.5 Å². The molecule has 246 valence electrons. The molecule has 2 aromatic carbocycles. The zero-order chi connectivity index (χ0) is 31.6. The van der Waals surface area contributed by atoms with Crippen molar-refractivity contribution in [3.63, 3.8) is 0 Å². The van der Waals surface area contributed by atoms with Gasteiger partial charge in [0.05, 0.1) is 18.9 Å². The number of carbonyl (C=O) groups is 1. The average Bonchev–Trinajstić information content (AvgIpc) is 3.52. The Morgan fingerprint density at radius 2 is 1.71 bits per heavy atom. The number of piperazine rings is 1. The number of ether oxygens (including phenoxy) is 3. The SMILES string of the molecule is CCCCCCCOC(O)OCN1C(=O)CC(C)(C)c2ccc(OCCCCN3CCN(c4cccc5sccc45)CC3)cc21. The number of thiophene rings is 1. The molecule has 0 aliphatic carbocycles. The molecular weight excluding hydrogens is 586 g/mol. The van der Waals surface area contributed by atoms with Crippen LogP contribution in [0.4, 0.5) is 11.4 Å². The van der Waals surface area contributed by atoms with Crippen LogP contribution in [0.2, 0.25) is 0 Å². The standard InChI is InChI=1S/C36H51N3O5S/c1-4-5-6-7-9-23-43-35(41)44-27-39-32-25-28(14-15-30(32)36(2,3)26-34(39)40)42-22-10-8-17-37-18-20-38(21-19-37)31-12-11-13-33-29(31)16-24-45-33/h11-16,24-25,35,41H,4-10,17-23,26-27H2,1-3H3. The molecule has 1 amide bonds. The van der Waals surface area contributed by atoms with E-state index in [0.717, 1.165) is 75.4 Å². The molecule has 1 fully saturated rings. The molecule has 2 aliphatic heterocycles. The van der Waals surface area contributed by atoms with E-state index in [1.54, 1.807) is 4.90 Å². The number of hydrogen-bond acceptors (Lipinski definition) is 8. The molecule has 0 saturated carbocycles. The first-order valence-corrected chi connectivity index (χ1v) is 17.7. The van der Waals surface area contributed by atoms with Gasteiger partial charge in [-0.2, -0.15) is 0 Å². The minimum absolute atomic E-state index is 0.0384. The van der Waals surface area contributed by atoms with Gasteiger partial charge in [-0.1, -0.05) is 58.6 Å². The van der Waals surface area contributed by atoms with Gasteiger partial charge in [0.25, 0.3) is 6.48 Å². The van der Waals surface area contributed by atoms with Gasteiger partial charge in [0.15, 0.2) is 0 Å². The second kappa shape index (κ2) is 16.2. The number of aliphatic hydroxyl groups excluding tert-OH is 1. The Labute approximate surface area is 272 Å². The number of amides is 1. The first kappa shape index (κ1) is 33.7. The van der Waals surface area contributed by atoms with Gasteiger partial charge in [-0.15, -0.1) is 11.3 Å². The molecule has 8 nitrogen and oxygen atoms in total. The number of fused-ring (bicyclic) bond motifs is 2. The highest BCUT2D eigenvalue weighted by atomic mass is 32.1. The number of benzene rings is 2. The monoisotopic (exact) mass is 637 g/mol. The van der Waals surface area contributed by atoms with Crippen molar-refractivity contribution in [1.82, 2.24) is 4.90 Å². The molecule has 5 rings (SSSR count). The lowest BCUT2D eigenvalue weighted by Crippen LogP contribution is -2.46. The third-order valence-electron chi connectivity index (χ3n) is 9.06. The fourth-order valence-corrected chi connectivity index (χ4v) is 7.22. The Morgan fingerprint density at radius 1 is 0.911 bits per heavy atom. The van der Waals surface area contributed by atoms with Crippen LogP contribution in [0, 0.1) is 0 Å². The molecular formula is C36H51N3O5S. The topological polar surface area (TPSA) is 74.7 Å². The van der Waals surface area contributed by atoms with E-state index >= 15 is 0 Å². The highest BCUT2D eigenvalue weighted by molar-refractivity contribution is 7.17. The van der Waals surface area contributed by atoms with Crippen LogP contribution >= 0.6 is 11.3 Å². The molecule has 1 unspecified atom stereocenters. The zero-order valence-corrected chi connectivity index (χ0v) is 28.2. The third-order valence-corrected chi connectivity index (χ3v) is 9.94. The Kier molecular flexibility index (Phi) is 12.1. The van der Waals surface area contributed by atoms with Crippen molar-refractivity contribution in [2.45, 2.75) is 84.0 Å². The number of anilines is 2. The number of hydrogen-bond donors (Lipinski definition) is 1. The third kappa shape index (κ3) is 8.98. The number of nitrogens with zero attached hydrogens (tertiary/aromatic N) is 3. The van der Waals surface area contributed by atoms with Gasteiger partial charge in [0.2, 0.25) is 5.91 Å². The summed E-state index contributed by atoms with van der Waals surface area (Å²) in [5.41, 5.74) is 2.91. The molecule has 45 heavy (non-hydrogen) atoms. The Bertz CT molecular complexity index is 1370. The van der Waals surface area contributed by atoms with Crippen LogP contribution in [0.1, 0.15) is 77.7 Å². The van der Waals surface area contributed by atoms with Crippen molar-refractivity contribution >= 4 is 38.7 Å².